The van der Waals surface area contributed by atoms with Gasteiger partial charge in [0.1, 0.15) is 17.4 Å². The van der Waals surface area contributed by atoms with Crippen LogP contribution in [-0.4, -0.2) is 60.3 Å². The lowest BCUT2D eigenvalue weighted by atomic mass is 9.97. The standard InChI is InChI=1S/C37H30O11/c1-22-19-30(39)44-28-20-26(17-18-27(22)28)43-37-33(48-36(42)25-15-9-4-10-16-25)32(47-35(41)24-13-7-3-8-14-24)31(29(21-38)45-37)46-34(40)23-11-5-2-6-12-23/h2-20,29,31-33,37-38H,21H2,1H3/t29-,31+,32+,33-,37-/m1/s1. The summed E-state index contributed by atoms with van der Waals surface area (Å²) < 4.78 is 35.4. The third-order valence-corrected chi connectivity index (χ3v) is 7.70. The maximum atomic E-state index is 13.5. The Morgan fingerprint density at radius 2 is 1.17 bits per heavy atom. The van der Waals surface area contributed by atoms with E-state index in [4.69, 9.17) is 28.1 Å². The number of aliphatic hydroxyl groups excluding tert-OH is 1. The summed E-state index contributed by atoms with van der Waals surface area (Å²) in [5, 5.41) is 11.1. The third-order valence-electron chi connectivity index (χ3n) is 7.70. The van der Waals surface area contributed by atoms with Crippen molar-refractivity contribution in [2.45, 2.75) is 37.6 Å². The highest BCUT2D eigenvalue weighted by molar-refractivity contribution is 5.91. The molecule has 5 atom stereocenters. The molecule has 1 fully saturated rings. The van der Waals surface area contributed by atoms with Crippen molar-refractivity contribution in [1.82, 2.24) is 0 Å². The van der Waals surface area contributed by atoms with Gasteiger partial charge in [0, 0.05) is 17.5 Å². The number of carbonyl (C=O) groups excluding carboxylic acids is 3. The number of hydrogen-bond acceptors (Lipinski definition) is 11. The Bertz CT molecular complexity index is 1960. The van der Waals surface area contributed by atoms with Gasteiger partial charge in [0.05, 0.1) is 23.3 Å². The predicted molar refractivity (Wildman–Crippen MR) is 171 cm³/mol. The number of esters is 3. The first-order valence-corrected chi connectivity index (χ1v) is 15.1. The lowest BCUT2D eigenvalue weighted by Crippen LogP contribution is -2.63. The van der Waals surface area contributed by atoms with Crippen molar-refractivity contribution in [1.29, 1.82) is 0 Å². The Morgan fingerprint density at radius 3 is 1.69 bits per heavy atom. The average Bonchev–Trinajstić information content (AvgIpc) is 3.11. The number of fused-ring (bicyclic) bond motifs is 1. The molecular weight excluding hydrogens is 620 g/mol. The number of aryl methyl sites for hydroxylation is 1. The highest BCUT2D eigenvalue weighted by Gasteiger charge is 2.53. The van der Waals surface area contributed by atoms with Gasteiger partial charge in [-0.05, 0) is 61.0 Å². The molecule has 5 aromatic rings. The Morgan fingerprint density at radius 1 is 0.667 bits per heavy atom. The van der Waals surface area contributed by atoms with Gasteiger partial charge in [-0.2, -0.15) is 0 Å². The molecule has 11 heteroatoms. The minimum Gasteiger partial charge on any atom is -0.461 e. The van der Waals surface area contributed by atoms with Crippen molar-refractivity contribution >= 4 is 28.9 Å². The second-order valence-corrected chi connectivity index (χ2v) is 11.0. The van der Waals surface area contributed by atoms with E-state index < -0.39 is 60.8 Å². The highest BCUT2D eigenvalue weighted by Crippen LogP contribution is 2.33. The summed E-state index contributed by atoms with van der Waals surface area (Å²) in [4.78, 5) is 52.4. The molecule has 0 saturated carbocycles. The fourth-order valence-corrected chi connectivity index (χ4v) is 5.33. The van der Waals surface area contributed by atoms with Gasteiger partial charge in [-0.15, -0.1) is 0 Å². The van der Waals surface area contributed by atoms with Gasteiger partial charge in [0.25, 0.3) is 0 Å². The van der Waals surface area contributed by atoms with Crippen LogP contribution in [0.4, 0.5) is 0 Å². The third kappa shape index (κ3) is 7.12. The molecule has 6 rings (SSSR count). The van der Waals surface area contributed by atoms with Gasteiger partial charge in [0.15, 0.2) is 12.2 Å². The Labute approximate surface area is 274 Å². The fraction of sp³-hybridized carbons (Fsp3) is 0.189. The van der Waals surface area contributed by atoms with E-state index in [1.165, 1.54) is 48.5 Å². The van der Waals surface area contributed by atoms with Crippen LogP contribution >= 0.6 is 0 Å². The van der Waals surface area contributed by atoms with Crippen LogP contribution in [-0.2, 0) is 18.9 Å². The molecule has 1 aromatic heterocycles. The maximum Gasteiger partial charge on any atom is 0.338 e. The van der Waals surface area contributed by atoms with E-state index in [2.05, 4.69) is 0 Å². The van der Waals surface area contributed by atoms with Gasteiger partial charge < -0.3 is 33.2 Å². The van der Waals surface area contributed by atoms with Gasteiger partial charge >= 0.3 is 23.5 Å². The average molecular weight is 651 g/mol. The molecule has 0 aliphatic carbocycles. The van der Waals surface area contributed by atoms with Crippen LogP contribution in [0.5, 0.6) is 5.75 Å². The van der Waals surface area contributed by atoms with Crippen molar-refractivity contribution in [2.24, 2.45) is 0 Å². The van der Waals surface area contributed by atoms with E-state index in [0.29, 0.717) is 10.9 Å². The molecule has 0 bridgehead atoms. The molecule has 4 aromatic carbocycles. The maximum absolute atomic E-state index is 13.5. The topological polar surface area (TPSA) is 148 Å². The second-order valence-electron chi connectivity index (χ2n) is 11.0. The molecule has 1 N–H and O–H groups in total. The van der Waals surface area contributed by atoms with Gasteiger partial charge in [-0.25, -0.2) is 19.2 Å². The van der Waals surface area contributed by atoms with Crippen LogP contribution in [0.25, 0.3) is 11.0 Å². The first-order chi connectivity index (χ1) is 23.3. The summed E-state index contributed by atoms with van der Waals surface area (Å²) in [6, 6.07) is 30.3. The fourth-order valence-electron chi connectivity index (χ4n) is 5.33. The van der Waals surface area contributed by atoms with E-state index in [0.717, 1.165) is 0 Å². The van der Waals surface area contributed by atoms with Crippen LogP contribution < -0.4 is 10.4 Å². The SMILES string of the molecule is Cc1cc(=O)oc2cc(O[C@@H]3O[C@H](CO)[C@H](OC(=O)c4ccccc4)[C@H](OC(=O)c4ccccc4)[C@H]3OC(=O)c3ccccc3)ccc12. The molecule has 11 nitrogen and oxygen atoms in total. The molecular formula is C37H30O11. The number of hydrogen-bond donors (Lipinski definition) is 1. The molecule has 0 amide bonds. The van der Waals surface area contributed by atoms with Crippen LogP contribution in [0, 0.1) is 6.92 Å². The monoisotopic (exact) mass is 650 g/mol. The summed E-state index contributed by atoms with van der Waals surface area (Å²) >= 11 is 0. The minimum atomic E-state index is -1.54. The summed E-state index contributed by atoms with van der Waals surface area (Å²) in [7, 11) is 0. The van der Waals surface area contributed by atoms with Crippen LogP contribution in [0.2, 0.25) is 0 Å². The molecule has 1 saturated heterocycles. The molecule has 0 unspecified atom stereocenters. The van der Waals surface area contributed by atoms with E-state index in [1.54, 1.807) is 73.7 Å². The van der Waals surface area contributed by atoms with Crippen molar-refractivity contribution in [3.63, 3.8) is 0 Å². The van der Waals surface area contributed by atoms with Crippen molar-refractivity contribution in [2.75, 3.05) is 6.61 Å². The zero-order valence-corrected chi connectivity index (χ0v) is 25.6. The number of benzene rings is 4. The summed E-state index contributed by atoms with van der Waals surface area (Å²) in [6.45, 7) is 1.06. The lowest BCUT2D eigenvalue weighted by molar-refractivity contribution is -0.275. The van der Waals surface area contributed by atoms with Gasteiger partial charge in [-0.3, -0.25) is 0 Å². The minimum absolute atomic E-state index is 0.145. The van der Waals surface area contributed by atoms with E-state index in [-0.39, 0.29) is 28.0 Å². The normalized spacial score (nSPS) is 20.4. The smallest absolute Gasteiger partial charge is 0.338 e. The Balaban J connectivity index is 1.41. The first-order valence-electron chi connectivity index (χ1n) is 15.1. The second kappa shape index (κ2) is 14.3. The quantitative estimate of drug-likeness (QED) is 0.132. The molecule has 1 aliphatic rings. The zero-order chi connectivity index (χ0) is 33.6. The number of aliphatic hydroxyl groups is 1. The van der Waals surface area contributed by atoms with Gasteiger partial charge in [0.2, 0.25) is 12.4 Å². The van der Waals surface area contributed by atoms with Crippen LogP contribution in [0.3, 0.4) is 0 Å². The number of rotatable bonds is 9. The van der Waals surface area contributed by atoms with E-state index >= 15 is 0 Å². The van der Waals surface area contributed by atoms with E-state index in [1.807, 2.05) is 0 Å². The highest BCUT2D eigenvalue weighted by atomic mass is 16.7. The first kappa shape index (κ1) is 32.2. The summed E-state index contributed by atoms with van der Waals surface area (Å²) in [5.41, 5.74) is 0.889. The molecule has 1 aliphatic heterocycles. The number of carbonyl (C=O) groups is 3. The van der Waals surface area contributed by atoms with Crippen LogP contribution in [0.1, 0.15) is 36.6 Å². The molecule has 0 spiro atoms. The van der Waals surface area contributed by atoms with Crippen molar-refractivity contribution < 1.29 is 47.6 Å². The molecule has 48 heavy (non-hydrogen) atoms. The summed E-state index contributed by atoms with van der Waals surface area (Å²) in [6.07, 6.45) is -7.34. The summed E-state index contributed by atoms with van der Waals surface area (Å²) in [5.74, 6) is -2.28. The molecule has 2 heterocycles. The lowest BCUT2D eigenvalue weighted by Gasteiger charge is -2.44. The van der Waals surface area contributed by atoms with Crippen molar-refractivity contribution in [3.05, 3.63) is 148 Å². The van der Waals surface area contributed by atoms with E-state index in [9.17, 15) is 24.3 Å². The molecule has 0 radical (unpaired) electrons. The van der Waals surface area contributed by atoms with Gasteiger partial charge in [-0.1, -0.05) is 54.6 Å². The Kier molecular flexibility index (Phi) is 9.60. The zero-order valence-electron chi connectivity index (χ0n) is 25.6. The molecule has 244 valence electrons. The van der Waals surface area contributed by atoms with Crippen molar-refractivity contribution in [3.8, 4) is 5.75 Å². The van der Waals surface area contributed by atoms with Crippen LogP contribution in [0.15, 0.2) is 124 Å². The largest absolute Gasteiger partial charge is 0.461 e. The Hall–Kier alpha value is -5.78. The predicted octanol–water partition coefficient (Wildman–Crippen LogP) is 4.87. The number of ether oxygens (including phenoxy) is 5.